The molecule has 0 saturated carbocycles. The molecule has 0 spiro atoms. The molecule has 106 valence electrons. The SMILES string of the molecule is CCCC[C@]1(NC(C)=O)C[C@@H](CO)OC(C)(C)O1. The third-order valence-electron chi connectivity index (χ3n) is 2.99. The number of aliphatic hydroxyl groups is 1. The molecule has 2 atom stereocenters. The molecule has 2 N–H and O–H groups in total. The molecule has 1 amide bonds. The predicted molar refractivity (Wildman–Crippen MR) is 67.8 cm³/mol. The van der Waals surface area contributed by atoms with Crippen molar-refractivity contribution >= 4 is 5.91 Å². The van der Waals surface area contributed by atoms with Crippen LogP contribution in [0.3, 0.4) is 0 Å². The maximum atomic E-state index is 11.4. The van der Waals surface area contributed by atoms with Crippen molar-refractivity contribution in [2.45, 2.75) is 71.0 Å². The summed E-state index contributed by atoms with van der Waals surface area (Å²) in [4.78, 5) is 11.4. The Balaban J connectivity index is 2.88. The number of ether oxygens (including phenoxy) is 2. The van der Waals surface area contributed by atoms with E-state index in [4.69, 9.17) is 9.47 Å². The molecule has 0 aliphatic carbocycles. The smallest absolute Gasteiger partial charge is 0.219 e. The lowest BCUT2D eigenvalue weighted by Gasteiger charge is -2.48. The number of unbranched alkanes of at least 4 members (excludes halogenated alkanes) is 1. The van der Waals surface area contributed by atoms with Crippen LogP contribution in [0.25, 0.3) is 0 Å². The molecule has 0 bridgehead atoms. The number of amides is 1. The van der Waals surface area contributed by atoms with E-state index in [0.29, 0.717) is 6.42 Å². The number of aliphatic hydroxyl groups excluding tert-OH is 1. The molecule has 1 saturated heterocycles. The highest BCUT2D eigenvalue weighted by molar-refractivity contribution is 5.73. The van der Waals surface area contributed by atoms with E-state index in [9.17, 15) is 9.90 Å². The van der Waals surface area contributed by atoms with E-state index in [-0.39, 0.29) is 18.6 Å². The van der Waals surface area contributed by atoms with Crippen molar-refractivity contribution in [1.29, 1.82) is 0 Å². The molecule has 0 unspecified atom stereocenters. The molecular formula is C13H25NO4. The topological polar surface area (TPSA) is 67.8 Å². The molecule has 0 aromatic heterocycles. The van der Waals surface area contributed by atoms with Gasteiger partial charge in [0.25, 0.3) is 0 Å². The van der Waals surface area contributed by atoms with E-state index >= 15 is 0 Å². The number of carbonyl (C=O) groups is 1. The van der Waals surface area contributed by atoms with Crippen LogP contribution in [0.4, 0.5) is 0 Å². The Morgan fingerprint density at radius 2 is 2.17 bits per heavy atom. The van der Waals surface area contributed by atoms with Gasteiger partial charge in [0.1, 0.15) is 5.72 Å². The normalized spacial score (nSPS) is 31.1. The zero-order chi connectivity index (χ0) is 13.8. The number of carbonyl (C=O) groups excluding carboxylic acids is 1. The van der Waals surface area contributed by atoms with Gasteiger partial charge in [0, 0.05) is 13.3 Å². The standard InChI is InChI=1S/C13H25NO4/c1-5-6-7-13(14-10(2)16)8-11(9-15)17-12(3,4)18-13/h11,15H,5-9H2,1-4H3,(H,14,16)/t11-,13+/m0/s1. The second kappa shape index (κ2) is 5.99. The summed E-state index contributed by atoms with van der Waals surface area (Å²) in [6, 6.07) is 0. The Hall–Kier alpha value is -0.650. The zero-order valence-electron chi connectivity index (χ0n) is 11.8. The Morgan fingerprint density at radius 3 is 2.67 bits per heavy atom. The van der Waals surface area contributed by atoms with E-state index in [0.717, 1.165) is 19.3 Å². The first kappa shape index (κ1) is 15.4. The molecular weight excluding hydrogens is 234 g/mol. The van der Waals surface area contributed by atoms with Gasteiger partial charge in [-0.1, -0.05) is 13.3 Å². The maximum absolute atomic E-state index is 11.4. The zero-order valence-corrected chi connectivity index (χ0v) is 11.8. The molecule has 5 heteroatoms. The molecule has 0 aromatic carbocycles. The van der Waals surface area contributed by atoms with Crippen LogP contribution < -0.4 is 5.32 Å². The Kier molecular flexibility index (Phi) is 5.13. The molecule has 1 heterocycles. The highest BCUT2D eigenvalue weighted by Crippen LogP contribution is 2.35. The van der Waals surface area contributed by atoms with Crippen LogP contribution in [-0.2, 0) is 14.3 Å². The fourth-order valence-corrected chi connectivity index (χ4v) is 2.52. The van der Waals surface area contributed by atoms with E-state index in [1.165, 1.54) is 6.92 Å². The number of rotatable bonds is 5. The van der Waals surface area contributed by atoms with Crippen molar-refractivity contribution < 1.29 is 19.4 Å². The lowest BCUT2D eigenvalue weighted by molar-refractivity contribution is -0.344. The van der Waals surface area contributed by atoms with E-state index < -0.39 is 11.5 Å². The van der Waals surface area contributed by atoms with E-state index in [2.05, 4.69) is 12.2 Å². The summed E-state index contributed by atoms with van der Waals surface area (Å²) in [6.07, 6.45) is 2.88. The monoisotopic (exact) mass is 259 g/mol. The van der Waals surface area contributed by atoms with Gasteiger partial charge in [-0.05, 0) is 26.7 Å². The lowest BCUT2D eigenvalue weighted by Crippen LogP contribution is -2.61. The summed E-state index contributed by atoms with van der Waals surface area (Å²) < 4.78 is 11.6. The van der Waals surface area contributed by atoms with Gasteiger partial charge in [0.05, 0.1) is 12.7 Å². The number of nitrogens with one attached hydrogen (secondary N) is 1. The minimum Gasteiger partial charge on any atom is -0.394 e. The number of hydrogen-bond acceptors (Lipinski definition) is 4. The van der Waals surface area contributed by atoms with Gasteiger partial charge in [-0.2, -0.15) is 0 Å². The van der Waals surface area contributed by atoms with Crippen molar-refractivity contribution in [2.75, 3.05) is 6.61 Å². The third kappa shape index (κ3) is 4.23. The van der Waals surface area contributed by atoms with Gasteiger partial charge in [-0.25, -0.2) is 0 Å². The Bertz CT molecular complexity index is 293. The van der Waals surface area contributed by atoms with Crippen molar-refractivity contribution in [1.82, 2.24) is 5.32 Å². The fraction of sp³-hybridized carbons (Fsp3) is 0.923. The quantitative estimate of drug-likeness (QED) is 0.786. The first-order valence-electron chi connectivity index (χ1n) is 6.60. The lowest BCUT2D eigenvalue weighted by atomic mass is 9.96. The van der Waals surface area contributed by atoms with Crippen molar-refractivity contribution in [2.24, 2.45) is 0 Å². The van der Waals surface area contributed by atoms with Gasteiger partial charge in [0.2, 0.25) is 5.91 Å². The first-order valence-corrected chi connectivity index (χ1v) is 6.60. The van der Waals surface area contributed by atoms with Crippen LogP contribution in [0.15, 0.2) is 0 Å². The van der Waals surface area contributed by atoms with Gasteiger partial charge in [0.15, 0.2) is 5.79 Å². The summed E-state index contributed by atoms with van der Waals surface area (Å²) in [5.41, 5.74) is -0.725. The molecule has 18 heavy (non-hydrogen) atoms. The van der Waals surface area contributed by atoms with Crippen molar-refractivity contribution in [3.8, 4) is 0 Å². The van der Waals surface area contributed by atoms with Crippen molar-refractivity contribution in [3.05, 3.63) is 0 Å². The average Bonchev–Trinajstić information content (AvgIpc) is 2.23. The highest BCUT2D eigenvalue weighted by atomic mass is 16.7. The largest absolute Gasteiger partial charge is 0.394 e. The predicted octanol–water partition coefficient (Wildman–Crippen LogP) is 1.54. The summed E-state index contributed by atoms with van der Waals surface area (Å²) in [5.74, 6) is -0.928. The highest BCUT2D eigenvalue weighted by Gasteiger charge is 2.45. The second-order valence-electron chi connectivity index (χ2n) is 5.41. The van der Waals surface area contributed by atoms with Crippen LogP contribution in [-0.4, -0.2) is 35.2 Å². The van der Waals surface area contributed by atoms with Crippen LogP contribution >= 0.6 is 0 Å². The van der Waals surface area contributed by atoms with Gasteiger partial charge in [-0.15, -0.1) is 0 Å². The Labute approximate surface area is 109 Å². The first-order chi connectivity index (χ1) is 8.32. The Morgan fingerprint density at radius 1 is 1.50 bits per heavy atom. The molecule has 0 aromatic rings. The fourth-order valence-electron chi connectivity index (χ4n) is 2.52. The molecule has 1 aliphatic rings. The van der Waals surface area contributed by atoms with E-state index in [1.54, 1.807) is 13.8 Å². The molecule has 1 rings (SSSR count). The van der Waals surface area contributed by atoms with Gasteiger partial charge < -0.3 is 19.9 Å². The molecule has 0 radical (unpaired) electrons. The summed E-state index contributed by atoms with van der Waals surface area (Å²) >= 11 is 0. The molecule has 1 fully saturated rings. The molecule has 5 nitrogen and oxygen atoms in total. The van der Waals surface area contributed by atoms with Crippen LogP contribution in [0.5, 0.6) is 0 Å². The van der Waals surface area contributed by atoms with Crippen LogP contribution in [0, 0.1) is 0 Å². The maximum Gasteiger partial charge on any atom is 0.219 e. The van der Waals surface area contributed by atoms with Crippen LogP contribution in [0.1, 0.15) is 53.4 Å². The third-order valence-corrected chi connectivity index (χ3v) is 2.99. The van der Waals surface area contributed by atoms with E-state index in [1.807, 2.05) is 0 Å². The minimum absolute atomic E-state index is 0.0692. The number of hydrogen-bond donors (Lipinski definition) is 2. The van der Waals surface area contributed by atoms with Crippen molar-refractivity contribution in [3.63, 3.8) is 0 Å². The van der Waals surface area contributed by atoms with Gasteiger partial charge >= 0.3 is 0 Å². The second-order valence-corrected chi connectivity index (χ2v) is 5.41. The summed E-state index contributed by atoms with van der Waals surface area (Å²) in [7, 11) is 0. The van der Waals surface area contributed by atoms with Gasteiger partial charge in [-0.3, -0.25) is 4.79 Å². The minimum atomic E-state index is -0.804. The average molecular weight is 259 g/mol. The molecule has 1 aliphatic heterocycles. The summed E-state index contributed by atoms with van der Waals surface area (Å²) in [6.45, 7) is 7.11. The summed E-state index contributed by atoms with van der Waals surface area (Å²) in [5, 5.41) is 12.2. The van der Waals surface area contributed by atoms with Crippen LogP contribution in [0.2, 0.25) is 0 Å².